The molecule has 28 heavy (non-hydrogen) atoms. The van der Waals surface area contributed by atoms with Crippen LogP contribution in [0.25, 0.3) is 0 Å². The maximum absolute atomic E-state index is 12.1. The van der Waals surface area contributed by atoms with Crippen molar-refractivity contribution in [1.82, 2.24) is 19.6 Å². The molecule has 0 radical (unpaired) electrons. The highest BCUT2D eigenvalue weighted by Gasteiger charge is 2.16. The Balaban J connectivity index is 2.33. The van der Waals surface area contributed by atoms with E-state index < -0.39 is 10.0 Å². The summed E-state index contributed by atoms with van der Waals surface area (Å²) in [6.45, 7) is 6.80. The number of sulfonamides is 1. The molecule has 0 aliphatic rings. The Bertz CT molecular complexity index is 843. The molecule has 150 valence electrons. The fourth-order valence-electron chi connectivity index (χ4n) is 2.41. The third-order valence-electron chi connectivity index (χ3n) is 3.86. The fourth-order valence-corrected chi connectivity index (χ4v) is 3.07. The summed E-state index contributed by atoms with van der Waals surface area (Å²) in [4.78, 5) is 10.3. The third kappa shape index (κ3) is 7.50. The van der Waals surface area contributed by atoms with E-state index in [1.807, 2.05) is 36.1 Å². The zero-order valence-electron chi connectivity index (χ0n) is 16.2. The van der Waals surface area contributed by atoms with Crippen LogP contribution < -0.4 is 4.72 Å². The van der Waals surface area contributed by atoms with Crippen molar-refractivity contribution in [3.8, 4) is 0 Å². The van der Waals surface area contributed by atoms with E-state index in [0.29, 0.717) is 31.0 Å². The summed E-state index contributed by atoms with van der Waals surface area (Å²) in [6.07, 6.45) is 9.28. The van der Waals surface area contributed by atoms with Gasteiger partial charge >= 0.3 is 0 Å². The molecular weight excluding hydrogens is 376 g/mol. The van der Waals surface area contributed by atoms with Crippen LogP contribution in [0.2, 0.25) is 0 Å². The van der Waals surface area contributed by atoms with Crippen LogP contribution in [0.1, 0.15) is 24.5 Å². The number of ether oxygens (including phenoxy) is 1. The number of nitrogens with zero attached hydrogens (tertiary/aromatic N) is 3. The van der Waals surface area contributed by atoms with Crippen LogP contribution in [0.3, 0.4) is 0 Å². The highest BCUT2D eigenvalue weighted by atomic mass is 32.2. The highest BCUT2D eigenvalue weighted by Crippen LogP contribution is 2.15. The van der Waals surface area contributed by atoms with E-state index in [1.54, 1.807) is 31.0 Å². The van der Waals surface area contributed by atoms with E-state index in [4.69, 9.17) is 4.74 Å². The van der Waals surface area contributed by atoms with Crippen molar-refractivity contribution in [2.24, 2.45) is 0 Å². The number of rotatable bonds is 11. The molecule has 0 saturated heterocycles. The fraction of sp³-hybridized carbons (Fsp3) is 0.300. The van der Waals surface area contributed by atoms with Gasteiger partial charge in [0.05, 0.1) is 5.76 Å². The molecule has 8 heteroatoms. The molecule has 0 aliphatic heterocycles. The van der Waals surface area contributed by atoms with Gasteiger partial charge < -0.3 is 9.64 Å². The molecule has 0 aromatic carbocycles. The van der Waals surface area contributed by atoms with Crippen molar-refractivity contribution in [3.05, 3.63) is 84.5 Å². The van der Waals surface area contributed by atoms with E-state index in [0.717, 1.165) is 11.1 Å². The van der Waals surface area contributed by atoms with Gasteiger partial charge in [0.2, 0.25) is 10.0 Å². The smallest absolute Gasteiger partial charge is 0.218 e. The summed E-state index contributed by atoms with van der Waals surface area (Å²) in [7, 11) is -2.12. The zero-order chi connectivity index (χ0) is 20.4. The Morgan fingerprint density at radius 1 is 1.18 bits per heavy atom. The molecule has 0 saturated carbocycles. The molecule has 2 aromatic rings. The first-order valence-corrected chi connectivity index (χ1v) is 10.6. The topological polar surface area (TPSA) is 84.4 Å². The van der Waals surface area contributed by atoms with Crippen molar-refractivity contribution < 1.29 is 13.2 Å². The van der Waals surface area contributed by atoms with E-state index in [-0.39, 0.29) is 5.75 Å². The Labute approximate surface area is 166 Å². The summed E-state index contributed by atoms with van der Waals surface area (Å²) in [6, 6.07) is 7.66. The maximum Gasteiger partial charge on any atom is 0.218 e. The first kappa shape index (κ1) is 21.6. The van der Waals surface area contributed by atoms with Crippen LogP contribution in [-0.4, -0.2) is 36.1 Å². The van der Waals surface area contributed by atoms with Crippen molar-refractivity contribution >= 4 is 10.0 Å². The summed E-state index contributed by atoms with van der Waals surface area (Å²) >= 11 is 0. The van der Waals surface area contributed by atoms with Crippen LogP contribution in [-0.2, 0) is 27.8 Å². The number of hydrogen-bond donors (Lipinski definition) is 1. The van der Waals surface area contributed by atoms with Gasteiger partial charge in [0.15, 0.2) is 0 Å². The van der Waals surface area contributed by atoms with Gasteiger partial charge in [-0.25, -0.2) is 13.1 Å². The summed E-state index contributed by atoms with van der Waals surface area (Å²) < 4.78 is 32.2. The largest absolute Gasteiger partial charge is 0.464 e. The van der Waals surface area contributed by atoms with Crippen molar-refractivity contribution in [3.63, 3.8) is 0 Å². The molecule has 1 N–H and O–H groups in total. The lowest BCUT2D eigenvalue weighted by atomic mass is 10.2. The van der Waals surface area contributed by atoms with Crippen LogP contribution in [0.5, 0.6) is 0 Å². The lowest BCUT2D eigenvalue weighted by Gasteiger charge is -2.23. The number of aromatic nitrogens is 2. The minimum absolute atomic E-state index is 0.279. The van der Waals surface area contributed by atoms with Crippen LogP contribution in [0.4, 0.5) is 0 Å². The molecule has 0 amide bonds. The number of pyridine rings is 2. The third-order valence-corrected chi connectivity index (χ3v) is 5.14. The minimum atomic E-state index is -3.50. The molecule has 0 bridgehead atoms. The van der Waals surface area contributed by atoms with Crippen LogP contribution in [0, 0.1) is 0 Å². The molecule has 0 spiro atoms. The first-order valence-electron chi connectivity index (χ1n) is 8.91. The normalized spacial score (nSPS) is 11.9. The lowest BCUT2D eigenvalue weighted by molar-refractivity contribution is 0.271. The summed E-state index contributed by atoms with van der Waals surface area (Å²) in [5.41, 5.74) is 1.99. The molecule has 2 aromatic heterocycles. The number of nitrogens with one attached hydrogen (secondary N) is 1. The van der Waals surface area contributed by atoms with E-state index in [1.165, 1.54) is 7.05 Å². The van der Waals surface area contributed by atoms with Gasteiger partial charge in [-0.2, -0.15) is 0 Å². The molecule has 0 fully saturated rings. The number of allylic oxidation sites excluding steroid dienone is 1. The predicted octanol–water partition coefficient (Wildman–Crippen LogP) is 2.81. The Morgan fingerprint density at radius 3 is 2.18 bits per heavy atom. The molecule has 7 nitrogen and oxygen atoms in total. The molecule has 0 atom stereocenters. The zero-order valence-corrected chi connectivity index (χ0v) is 17.0. The standard InChI is InChI=1S/C20H26N4O3S/c1-4-17(2)27-20(16-28(25,26)21-3)15-24(13-18-7-5-9-22-11-18)14-19-8-6-10-23-12-19/h5-12,15,21H,2,4,13-14,16H2,1,3H3/b20-15-. The van der Waals surface area contributed by atoms with Gasteiger partial charge in [-0.1, -0.05) is 25.6 Å². The van der Waals surface area contributed by atoms with Gasteiger partial charge in [0.1, 0.15) is 11.5 Å². The molecule has 2 heterocycles. The van der Waals surface area contributed by atoms with Crippen molar-refractivity contribution in [2.45, 2.75) is 26.4 Å². The Morgan fingerprint density at radius 2 is 1.75 bits per heavy atom. The van der Waals surface area contributed by atoms with Crippen LogP contribution >= 0.6 is 0 Å². The van der Waals surface area contributed by atoms with Gasteiger partial charge in [0, 0.05) is 50.5 Å². The van der Waals surface area contributed by atoms with E-state index in [2.05, 4.69) is 21.3 Å². The van der Waals surface area contributed by atoms with Crippen molar-refractivity contribution in [1.29, 1.82) is 0 Å². The quantitative estimate of drug-likeness (QED) is 0.582. The lowest BCUT2D eigenvalue weighted by Crippen LogP contribution is -2.25. The average molecular weight is 403 g/mol. The van der Waals surface area contributed by atoms with E-state index >= 15 is 0 Å². The summed E-state index contributed by atoms with van der Waals surface area (Å²) in [5, 5.41) is 0. The molecular formula is C20H26N4O3S. The second kappa shape index (κ2) is 10.6. The van der Waals surface area contributed by atoms with Crippen LogP contribution in [0.15, 0.2) is 73.4 Å². The predicted molar refractivity (Wildman–Crippen MR) is 109 cm³/mol. The highest BCUT2D eigenvalue weighted by molar-refractivity contribution is 7.89. The Kier molecular flexibility index (Phi) is 8.16. The van der Waals surface area contributed by atoms with Gasteiger partial charge in [-0.05, 0) is 30.3 Å². The Hall–Kier alpha value is -2.71. The second-order valence-electron chi connectivity index (χ2n) is 6.18. The second-order valence-corrected chi connectivity index (χ2v) is 8.11. The van der Waals surface area contributed by atoms with Gasteiger partial charge in [-0.3, -0.25) is 9.97 Å². The molecule has 0 aliphatic carbocycles. The SMILES string of the molecule is C=C(CC)O/C(=C\N(Cc1cccnc1)Cc1cccnc1)CS(=O)(=O)NC. The minimum Gasteiger partial charge on any atom is -0.464 e. The first-order chi connectivity index (χ1) is 13.4. The average Bonchev–Trinajstić information content (AvgIpc) is 2.69. The van der Waals surface area contributed by atoms with Gasteiger partial charge in [-0.15, -0.1) is 0 Å². The molecule has 0 unspecified atom stereocenters. The van der Waals surface area contributed by atoms with E-state index in [9.17, 15) is 8.42 Å². The maximum atomic E-state index is 12.1. The van der Waals surface area contributed by atoms with Crippen molar-refractivity contribution in [2.75, 3.05) is 12.8 Å². The monoisotopic (exact) mass is 402 g/mol. The number of hydrogen-bond acceptors (Lipinski definition) is 6. The van der Waals surface area contributed by atoms with Gasteiger partial charge in [0.25, 0.3) is 0 Å². The summed E-state index contributed by atoms with van der Waals surface area (Å²) in [5.74, 6) is 0.522. The molecule has 2 rings (SSSR count).